The number of rotatable bonds is 1. The number of hydrogen-bond donors (Lipinski definition) is 0. The molecule has 0 N–H and O–H groups in total. The predicted octanol–water partition coefficient (Wildman–Crippen LogP) is 6.13. The fourth-order valence-electron chi connectivity index (χ4n) is 2.70. The summed E-state index contributed by atoms with van der Waals surface area (Å²) in [5.74, 6) is 0.454. The van der Waals surface area contributed by atoms with E-state index in [1.807, 2.05) is 56.3 Å². The van der Waals surface area contributed by atoms with E-state index in [4.69, 9.17) is 23.2 Å². The molecule has 2 aromatic carbocycles. The van der Waals surface area contributed by atoms with Gasteiger partial charge in [-0.1, -0.05) is 67.4 Å². The van der Waals surface area contributed by atoms with Crippen LogP contribution in [0.1, 0.15) is 54.1 Å². The third-order valence-corrected chi connectivity index (χ3v) is 4.38. The summed E-state index contributed by atoms with van der Waals surface area (Å²) in [6.45, 7) is 4.00. The van der Waals surface area contributed by atoms with Crippen LogP contribution in [0.2, 0.25) is 10.0 Å². The summed E-state index contributed by atoms with van der Waals surface area (Å²) in [7, 11) is 0. The lowest BCUT2D eigenvalue weighted by Gasteiger charge is -2.25. The van der Waals surface area contributed by atoms with Crippen molar-refractivity contribution in [3.63, 3.8) is 0 Å². The molecule has 1 aliphatic carbocycles. The maximum atomic E-state index is 11.9. The van der Waals surface area contributed by atoms with Crippen molar-refractivity contribution in [2.24, 2.45) is 0 Å². The Morgan fingerprint density at radius 3 is 2.43 bits per heavy atom. The van der Waals surface area contributed by atoms with E-state index in [1.165, 1.54) is 0 Å². The minimum atomic E-state index is 0.226. The highest BCUT2D eigenvalue weighted by Gasteiger charge is 2.26. The minimum absolute atomic E-state index is 0.226. The summed E-state index contributed by atoms with van der Waals surface area (Å²) < 4.78 is 0. The molecule has 0 aliphatic heterocycles. The number of fused-ring (bicyclic) bond motifs is 1. The van der Waals surface area contributed by atoms with Crippen LogP contribution in [0.15, 0.2) is 42.5 Å². The molecule has 110 valence electrons. The Morgan fingerprint density at radius 2 is 1.71 bits per heavy atom. The van der Waals surface area contributed by atoms with E-state index in [9.17, 15) is 4.79 Å². The van der Waals surface area contributed by atoms with Gasteiger partial charge in [0.1, 0.15) is 0 Å². The molecule has 21 heavy (non-hydrogen) atoms. The molecule has 0 heterocycles. The normalized spacial score (nSPS) is 16.8. The van der Waals surface area contributed by atoms with Crippen LogP contribution in [0.25, 0.3) is 0 Å². The molecular formula is C18H18Cl2O. The van der Waals surface area contributed by atoms with Gasteiger partial charge in [-0.25, -0.2) is 0 Å². The lowest BCUT2D eigenvalue weighted by molar-refractivity contribution is 0.0969. The number of benzene rings is 2. The predicted molar refractivity (Wildman–Crippen MR) is 89.7 cm³/mol. The topological polar surface area (TPSA) is 17.1 Å². The van der Waals surface area contributed by atoms with Gasteiger partial charge in [0.25, 0.3) is 0 Å². The number of carbonyl (C=O) groups excluding carboxylic acids is 1. The van der Waals surface area contributed by atoms with Crippen LogP contribution in [0.4, 0.5) is 0 Å². The van der Waals surface area contributed by atoms with E-state index in [0.717, 1.165) is 23.1 Å². The quantitative estimate of drug-likeness (QED) is 0.617. The first-order valence-corrected chi connectivity index (χ1v) is 7.99. The average molecular weight is 321 g/mol. The molecule has 2 aromatic rings. The first-order chi connectivity index (χ1) is 10.2. The van der Waals surface area contributed by atoms with Gasteiger partial charge in [-0.3, -0.25) is 4.79 Å². The van der Waals surface area contributed by atoms with Gasteiger partial charge in [-0.05, 0) is 29.7 Å². The van der Waals surface area contributed by atoms with E-state index < -0.39 is 0 Å². The second-order valence-corrected chi connectivity index (χ2v) is 5.59. The molecule has 0 fully saturated rings. The highest BCUT2D eigenvalue weighted by Crippen LogP contribution is 2.38. The molecule has 3 heteroatoms. The average Bonchev–Trinajstić information content (AvgIpc) is 2.53. The third kappa shape index (κ3) is 3.30. The summed E-state index contributed by atoms with van der Waals surface area (Å²) >= 11 is 12.0. The molecule has 0 saturated carbocycles. The fourth-order valence-corrected chi connectivity index (χ4v) is 3.00. The summed E-state index contributed by atoms with van der Waals surface area (Å²) in [4.78, 5) is 11.9. The maximum Gasteiger partial charge on any atom is 0.163 e. The van der Waals surface area contributed by atoms with Gasteiger partial charge in [0.2, 0.25) is 0 Å². The number of carbonyl (C=O) groups is 1. The Labute approximate surface area is 135 Å². The second kappa shape index (κ2) is 7.11. The lowest BCUT2D eigenvalue weighted by atomic mass is 9.78. The van der Waals surface area contributed by atoms with Crippen LogP contribution in [-0.4, -0.2) is 5.78 Å². The maximum absolute atomic E-state index is 11.9. The summed E-state index contributed by atoms with van der Waals surface area (Å²) in [5.41, 5.74) is 3.05. The molecule has 1 unspecified atom stereocenters. The van der Waals surface area contributed by atoms with Crippen molar-refractivity contribution in [2.75, 3.05) is 0 Å². The third-order valence-electron chi connectivity index (χ3n) is 3.64. The van der Waals surface area contributed by atoms with Crippen molar-refractivity contribution in [2.45, 2.75) is 32.6 Å². The van der Waals surface area contributed by atoms with Crippen LogP contribution in [0.3, 0.4) is 0 Å². The van der Waals surface area contributed by atoms with Gasteiger partial charge >= 0.3 is 0 Å². The smallest absolute Gasteiger partial charge is 0.163 e. The molecule has 3 rings (SSSR count). The fraction of sp³-hybridized carbons (Fsp3) is 0.278. The zero-order valence-corrected chi connectivity index (χ0v) is 13.7. The second-order valence-electron chi connectivity index (χ2n) is 4.78. The molecule has 0 aromatic heterocycles. The van der Waals surface area contributed by atoms with Crippen molar-refractivity contribution in [3.05, 3.63) is 69.2 Å². The van der Waals surface area contributed by atoms with Crippen LogP contribution >= 0.6 is 23.2 Å². The molecule has 0 amide bonds. The zero-order chi connectivity index (χ0) is 15.4. The molecule has 1 aliphatic rings. The first kappa shape index (κ1) is 16.1. The van der Waals surface area contributed by atoms with Crippen LogP contribution < -0.4 is 0 Å². The summed E-state index contributed by atoms with van der Waals surface area (Å²) in [6, 6.07) is 13.5. The van der Waals surface area contributed by atoms with Crippen LogP contribution in [0, 0.1) is 0 Å². The Bertz CT molecular complexity index is 649. The molecule has 0 bridgehead atoms. The van der Waals surface area contributed by atoms with Crippen molar-refractivity contribution in [3.8, 4) is 0 Å². The number of ketones is 1. The first-order valence-electron chi connectivity index (χ1n) is 7.24. The molecule has 1 nitrogen and oxygen atoms in total. The highest BCUT2D eigenvalue weighted by molar-refractivity contribution is 6.42. The number of Topliss-reactive ketones (excluding diaryl/α,β-unsaturated/α-hetero) is 1. The van der Waals surface area contributed by atoms with Gasteiger partial charge in [-0.15, -0.1) is 0 Å². The molecular weight excluding hydrogens is 303 g/mol. The van der Waals surface area contributed by atoms with Gasteiger partial charge in [0, 0.05) is 17.9 Å². The van der Waals surface area contributed by atoms with Crippen molar-refractivity contribution in [1.82, 2.24) is 0 Å². The Morgan fingerprint density at radius 1 is 1.00 bits per heavy atom. The van der Waals surface area contributed by atoms with E-state index in [0.29, 0.717) is 16.5 Å². The van der Waals surface area contributed by atoms with Gasteiger partial charge in [-0.2, -0.15) is 0 Å². The standard InChI is InChI=1S/C16H12Cl2O.C2H6/c17-14-7-5-10(9-15(14)18)11-6-8-16(19)13-4-2-1-3-12(11)13;1-2/h1-5,7,9,11H,6,8H2;1-2H3. The lowest BCUT2D eigenvalue weighted by Crippen LogP contribution is -2.16. The van der Waals surface area contributed by atoms with Crippen molar-refractivity contribution in [1.29, 1.82) is 0 Å². The molecule has 0 saturated heterocycles. The number of halogens is 2. The van der Waals surface area contributed by atoms with Crippen LogP contribution in [0.5, 0.6) is 0 Å². The molecule has 0 radical (unpaired) electrons. The van der Waals surface area contributed by atoms with E-state index in [2.05, 4.69) is 0 Å². The SMILES string of the molecule is CC.O=C1CCC(c2ccc(Cl)c(Cl)c2)c2ccccc21. The van der Waals surface area contributed by atoms with Crippen molar-refractivity contribution >= 4 is 29.0 Å². The largest absolute Gasteiger partial charge is 0.294 e. The zero-order valence-electron chi connectivity index (χ0n) is 12.2. The van der Waals surface area contributed by atoms with E-state index >= 15 is 0 Å². The molecule has 0 spiro atoms. The minimum Gasteiger partial charge on any atom is -0.294 e. The number of hydrogen-bond acceptors (Lipinski definition) is 1. The Hall–Kier alpha value is -1.31. The monoisotopic (exact) mass is 320 g/mol. The van der Waals surface area contributed by atoms with E-state index in [1.54, 1.807) is 0 Å². The van der Waals surface area contributed by atoms with Gasteiger partial charge in [0.05, 0.1) is 10.0 Å². The van der Waals surface area contributed by atoms with Gasteiger partial charge < -0.3 is 0 Å². The van der Waals surface area contributed by atoms with Crippen molar-refractivity contribution < 1.29 is 4.79 Å². The Kier molecular flexibility index (Phi) is 5.44. The summed E-state index contributed by atoms with van der Waals surface area (Å²) in [6.07, 6.45) is 1.41. The highest BCUT2D eigenvalue weighted by atomic mass is 35.5. The van der Waals surface area contributed by atoms with Gasteiger partial charge in [0.15, 0.2) is 5.78 Å². The molecule has 1 atom stereocenters. The van der Waals surface area contributed by atoms with Crippen LogP contribution in [-0.2, 0) is 0 Å². The van der Waals surface area contributed by atoms with E-state index in [-0.39, 0.29) is 11.7 Å². The Balaban J connectivity index is 0.000000774. The summed E-state index contributed by atoms with van der Waals surface area (Å²) in [5, 5.41) is 1.12.